The van der Waals surface area contributed by atoms with Gasteiger partial charge in [0.2, 0.25) is 0 Å². The molecule has 1 rings (SSSR count). The molecule has 0 saturated carbocycles. The zero-order chi connectivity index (χ0) is 12.5. The quantitative estimate of drug-likeness (QED) is 0.666. The van der Waals surface area contributed by atoms with Gasteiger partial charge in [-0.25, -0.2) is 4.98 Å². The van der Waals surface area contributed by atoms with Gasteiger partial charge in [0, 0.05) is 6.54 Å². The van der Waals surface area contributed by atoms with Crippen LogP contribution < -0.4 is 0 Å². The zero-order valence-electron chi connectivity index (χ0n) is 11.2. The van der Waals surface area contributed by atoms with Crippen molar-refractivity contribution in [2.24, 2.45) is 0 Å². The Morgan fingerprint density at radius 2 is 1.94 bits per heavy atom. The van der Waals surface area contributed by atoms with Gasteiger partial charge in [0.05, 0.1) is 24.3 Å². The van der Waals surface area contributed by atoms with Crippen LogP contribution in [0.2, 0.25) is 0 Å². The second kappa shape index (κ2) is 8.29. The maximum absolute atomic E-state index is 10.1. The Labute approximate surface area is 105 Å². The second-order valence-corrected chi connectivity index (χ2v) is 4.73. The molecule has 0 amide bonds. The van der Waals surface area contributed by atoms with Gasteiger partial charge >= 0.3 is 0 Å². The van der Waals surface area contributed by atoms with Crippen LogP contribution in [0.1, 0.15) is 70.6 Å². The first-order valence-corrected chi connectivity index (χ1v) is 6.97. The molecular formula is C14H26N2O. The van der Waals surface area contributed by atoms with Crippen molar-refractivity contribution in [3.8, 4) is 0 Å². The number of hydrogen-bond acceptors (Lipinski definition) is 2. The van der Waals surface area contributed by atoms with Gasteiger partial charge in [0.1, 0.15) is 0 Å². The van der Waals surface area contributed by atoms with Crippen LogP contribution in [0.3, 0.4) is 0 Å². The molecule has 3 heteroatoms. The van der Waals surface area contributed by atoms with Gasteiger partial charge in [-0.05, 0) is 12.8 Å². The fraction of sp³-hybridized carbons (Fsp3) is 0.786. The van der Waals surface area contributed by atoms with Crippen LogP contribution in [0.15, 0.2) is 12.5 Å². The number of rotatable bonds is 9. The minimum Gasteiger partial charge on any atom is -0.387 e. The fourth-order valence-corrected chi connectivity index (χ4v) is 2.13. The largest absolute Gasteiger partial charge is 0.387 e. The van der Waals surface area contributed by atoms with Crippen molar-refractivity contribution in [1.29, 1.82) is 0 Å². The van der Waals surface area contributed by atoms with Crippen molar-refractivity contribution in [2.75, 3.05) is 0 Å². The van der Waals surface area contributed by atoms with Gasteiger partial charge in [0.15, 0.2) is 0 Å². The van der Waals surface area contributed by atoms with E-state index in [2.05, 4.69) is 23.4 Å². The van der Waals surface area contributed by atoms with Gasteiger partial charge in [-0.1, -0.05) is 46.0 Å². The van der Waals surface area contributed by atoms with E-state index < -0.39 is 0 Å². The van der Waals surface area contributed by atoms with Crippen molar-refractivity contribution in [3.63, 3.8) is 0 Å². The summed E-state index contributed by atoms with van der Waals surface area (Å²) in [5.74, 6) is 0. The lowest BCUT2D eigenvalue weighted by Crippen LogP contribution is -2.06. The summed E-state index contributed by atoms with van der Waals surface area (Å²) >= 11 is 0. The van der Waals surface area contributed by atoms with E-state index in [4.69, 9.17) is 0 Å². The van der Waals surface area contributed by atoms with E-state index in [9.17, 15) is 5.11 Å². The molecule has 3 nitrogen and oxygen atoms in total. The predicted molar refractivity (Wildman–Crippen MR) is 70.9 cm³/mol. The van der Waals surface area contributed by atoms with Gasteiger partial charge < -0.3 is 9.67 Å². The number of unbranched alkanes of at least 4 members (excludes halogenated alkanes) is 4. The van der Waals surface area contributed by atoms with E-state index in [-0.39, 0.29) is 6.10 Å². The maximum Gasteiger partial charge on any atom is 0.0955 e. The number of aliphatic hydroxyl groups excluding tert-OH is 1. The third-order valence-corrected chi connectivity index (χ3v) is 3.13. The SMILES string of the molecule is CCCCCCCC(O)c1cncn1CCC. The Morgan fingerprint density at radius 1 is 1.18 bits per heavy atom. The summed E-state index contributed by atoms with van der Waals surface area (Å²) in [5, 5.41) is 10.1. The highest BCUT2D eigenvalue weighted by Crippen LogP contribution is 2.20. The lowest BCUT2D eigenvalue weighted by atomic mass is 10.1. The molecule has 1 N–H and O–H groups in total. The van der Waals surface area contributed by atoms with Crippen LogP contribution in [-0.2, 0) is 6.54 Å². The topological polar surface area (TPSA) is 38.1 Å². The molecule has 0 radical (unpaired) electrons. The van der Waals surface area contributed by atoms with Crippen molar-refractivity contribution in [1.82, 2.24) is 9.55 Å². The molecule has 0 bridgehead atoms. The van der Waals surface area contributed by atoms with Gasteiger partial charge in [-0.15, -0.1) is 0 Å². The van der Waals surface area contributed by atoms with Crippen LogP contribution in [-0.4, -0.2) is 14.7 Å². The Kier molecular flexibility index (Phi) is 6.94. The Hall–Kier alpha value is -0.830. The first-order chi connectivity index (χ1) is 8.29. The molecule has 1 atom stereocenters. The summed E-state index contributed by atoms with van der Waals surface area (Å²) in [6, 6.07) is 0. The number of nitrogens with zero attached hydrogens (tertiary/aromatic N) is 2. The molecular weight excluding hydrogens is 212 g/mol. The van der Waals surface area contributed by atoms with Crippen molar-refractivity contribution >= 4 is 0 Å². The molecule has 0 fully saturated rings. The number of aliphatic hydroxyl groups is 1. The molecule has 0 aliphatic carbocycles. The molecule has 0 spiro atoms. The van der Waals surface area contributed by atoms with E-state index in [1.807, 2.05) is 6.33 Å². The van der Waals surface area contributed by atoms with E-state index >= 15 is 0 Å². The van der Waals surface area contributed by atoms with E-state index in [1.54, 1.807) is 6.20 Å². The fourth-order valence-electron chi connectivity index (χ4n) is 2.13. The van der Waals surface area contributed by atoms with Crippen molar-refractivity contribution < 1.29 is 5.11 Å². The van der Waals surface area contributed by atoms with Gasteiger partial charge in [0.25, 0.3) is 0 Å². The molecule has 0 aliphatic rings. The first kappa shape index (κ1) is 14.2. The summed E-state index contributed by atoms with van der Waals surface area (Å²) in [7, 11) is 0. The maximum atomic E-state index is 10.1. The first-order valence-electron chi connectivity index (χ1n) is 6.97. The highest BCUT2D eigenvalue weighted by atomic mass is 16.3. The standard InChI is InChI=1S/C14H26N2O/c1-3-5-6-7-8-9-14(17)13-11-15-12-16(13)10-4-2/h11-12,14,17H,3-10H2,1-2H3. The van der Waals surface area contributed by atoms with Crippen LogP contribution >= 0.6 is 0 Å². The number of hydrogen-bond donors (Lipinski definition) is 1. The molecule has 0 saturated heterocycles. The highest BCUT2D eigenvalue weighted by molar-refractivity contribution is 5.02. The smallest absolute Gasteiger partial charge is 0.0955 e. The molecule has 98 valence electrons. The molecule has 1 aromatic rings. The Morgan fingerprint density at radius 3 is 2.65 bits per heavy atom. The van der Waals surface area contributed by atoms with Crippen LogP contribution in [0.25, 0.3) is 0 Å². The summed E-state index contributed by atoms with van der Waals surface area (Å²) in [4.78, 5) is 4.12. The third kappa shape index (κ3) is 4.90. The van der Waals surface area contributed by atoms with Crippen LogP contribution in [0.5, 0.6) is 0 Å². The normalized spacial score (nSPS) is 12.9. The van der Waals surface area contributed by atoms with E-state index in [0.717, 1.165) is 31.5 Å². The van der Waals surface area contributed by atoms with Crippen LogP contribution in [0.4, 0.5) is 0 Å². The number of imidazole rings is 1. The van der Waals surface area contributed by atoms with Gasteiger partial charge in [-0.2, -0.15) is 0 Å². The van der Waals surface area contributed by atoms with E-state index in [1.165, 1.54) is 25.7 Å². The molecule has 1 aromatic heterocycles. The summed E-state index contributed by atoms with van der Waals surface area (Å²) in [6.07, 6.45) is 11.4. The van der Waals surface area contributed by atoms with Crippen LogP contribution in [0, 0.1) is 0 Å². The highest BCUT2D eigenvalue weighted by Gasteiger charge is 2.11. The minimum atomic E-state index is -0.342. The molecule has 0 aromatic carbocycles. The van der Waals surface area contributed by atoms with E-state index in [0.29, 0.717) is 0 Å². The minimum absolute atomic E-state index is 0.342. The summed E-state index contributed by atoms with van der Waals surface area (Å²) in [6.45, 7) is 5.31. The Bertz CT molecular complexity index is 296. The molecule has 1 heterocycles. The summed E-state index contributed by atoms with van der Waals surface area (Å²) < 4.78 is 2.07. The lowest BCUT2D eigenvalue weighted by Gasteiger charge is -2.13. The monoisotopic (exact) mass is 238 g/mol. The number of aromatic nitrogens is 2. The average Bonchev–Trinajstić information content (AvgIpc) is 2.77. The Balaban J connectivity index is 2.30. The average molecular weight is 238 g/mol. The molecule has 0 aliphatic heterocycles. The predicted octanol–water partition coefficient (Wildman–Crippen LogP) is 3.69. The third-order valence-electron chi connectivity index (χ3n) is 3.13. The second-order valence-electron chi connectivity index (χ2n) is 4.73. The molecule has 17 heavy (non-hydrogen) atoms. The van der Waals surface area contributed by atoms with Gasteiger partial charge in [-0.3, -0.25) is 0 Å². The van der Waals surface area contributed by atoms with Crippen molar-refractivity contribution in [3.05, 3.63) is 18.2 Å². The van der Waals surface area contributed by atoms with Crippen molar-refractivity contribution in [2.45, 2.75) is 71.4 Å². The molecule has 1 unspecified atom stereocenters. The lowest BCUT2D eigenvalue weighted by molar-refractivity contribution is 0.154. The zero-order valence-corrected chi connectivity index (χ0v) is 11.2. The number of aryl methyl sites for hydroxylation is 1. The summed E-state index contributed by atoms with van der Waals surface area (Å²) in [5.41, 5.74) is 0.974.